The number of rotatable bonds is 5. The van der Waals surface area contributed by atoms with E-state index in [0.717, 1.165) is 0 Å². The molecule has 0 saturated heterocycles. The quantitative estimate of drug-likeness (QED) is 0.367. The highest BCUT2D eigenvalue weighted by Crippen LogP contribution is 2.21. The minimum absolute atomic E-state index is 0.147. The average Bonchev–Trinajstić information content (AvgIpc) is 2.35. The maximum atomic E-state index is 12.6. The van der Waals surface area contributed by atoms with Crippen molar-refractivity contribution in [1.29, 1.82) is 0 Å². The molecule has 0 bridgehead atoms. The number of sulfonamides is 1. The van der Waals surface area contributed by atoms with E-state index in [1.165, 1.54) is 4.31 Å². The monoisotopic (exact) mass is 285 g/mol. The van der Waals surface area contributed by atoms with Gasteiger partial charge in [0.15, 0.2) is 5.84 Å². The summed E-state index contributed by atoms with van der Waals surface area (Å²) in [6, 6.07) is 6.42. The molecule has 3 N–H and O–H groups in total. The van der Waals surface area contributed by atoms with E-state index in [9.17, 15) is 8.42 Å². The number of amidine groups is 1. The first-order valence-electron chi connectivity index (χ1n) is 5.84. The Morgan fingerprint density at radius 1 is 1.42 bits per heavy atom. The third kappa shape index (κ3) is 3.45. The summed E-state index contributed by atoms with van der Waals surface area (Å²) < 4.78 is 26.4. The Bertz CT molecular complexity index is 567. The van der Waals surface area contributed by atoms with Crippen LogP contribution in [0.1, 0.15) is 19.4 Å². The molecule has 1 aromatic rings. The molecule has 0 unspecified atom stereocenters. The highest BCUT2D eigenvalue weighted by molar-refractivity contribution is 7.89. The lowest BCUT2D eigenvalue weighted by Gasteiger charge is -2.25. The highest BCUT2D eigenvalue weighted by Gasteiger charge is 2.28. The lowest BCUT2D eigenvalue weighted by Crippen LogP contribution is -2.43. The molecule has 0 saturated carbocycles. The zero-order chi connectivity index (χ0) is 14.6. The third-order valence-corrected chi connectivity index (χ3v) is 4.88. The SMILES string of the molecule is Cc1ccccc1S(=O)(=O)N(CC(N)=NO)C(C)C. The second-order valence-corrected chi connectivity index (χ2v) is 6.36. The lowest BCUT2D eigenvalue weighted by atomic mass is 10.2. The second-order valence-electron chi connectivity index (χ2n) is 4.50. The van der Waals surface area contributed by atoms with Crippen molar-refractivity contribution in [2.24, 2.45) is 10.9 Å². The molecular weight excluding hydrogens is 266 g/mol. The van der Waals surface area contributed by atoms with Crippen molar-refractivity contribution in [3.63, 3.8) is 0 Å². The number of hydrogen-bond donors (Lipinski definition) is 2. The van der Waals surface area contributed by atoms with E-state index in [2.05, 4.69) is 5.16 Å². The van der Waals surface area contributed by atoms with Crippen molar-refractivity contribution >= 4 is 15.9 Å². The van der Waals surface area contributed by atoms with Crippen molar-refractivity contribution in [3.8, 4) is 0 Å². The first-order valence-corrected chi connectivity index (χ1v) is 7.28. The predicted octanol–water partition coefficient (Wildman–Crippen LogP) is 1.14. The maximum absolute atomic E-state index is 12.6. The van der Waals surface area contributed by atoms with Gasteiger partial charge in [-0.2, -0.15) is 4.31 Å². The van der Waals surface area contributed by atoms with Crippen molar-refractivity contribution in [2.45, 2.75) is 31.7 Å². The van der Waals surface area contributed by atoms with E-state index in [0.29, 0.717) is 5.56 Å². The second kappa shape index (κ2) is 6.03. The van der Waals surface area contributed by atoms with Crippen LogP contribution in [0, 0.1) is 6.92 Å². The number of hydrogen-bond acceptors (Lipinski definition) is 4. The number of aryl methyl sites for hydroxylation is 1. The molecule has 0 aliphatic carbocycles. The predicted molar refractivity (Wildman–Crippen MR) is 73.6 cm³/mol. The fourth-order valence-corrected chi connectivity index (χ4v) is 3.54. The van der Waals surface area contributed by atoms with Gasteiger partial charge in [0, 0.05) is 6.04 Å². The zero-order valence-electron chi connectivity index (χ0n) is 11.2. The number of nitrogens with zero attached hydrogens (tertiary/aromatic N) is 2. The van der Waals surface area contributed by atoms with Crippen LogP contribution in [0.4, 0.5) is 0 Å². The van der Waals surface area contributed by atoms with Crippen molar-refractivity contribution in [3.05, 3.63) is 29.8 Å². The van der Waals surface area contributed by atoms with E-state index in [1.807, 2.05) is 0 Å². The first kappa shape index (κ1) is 15.5. The average molecular weight is 285 g/mol. The summed E-state index contributed by atoms with van der Waals surface area (Å²) in [6.45, 7) is 5.06. The van der Waals surface area contributed by atoms with Gasteiger partial charge in [-0.1, -0.05) is 23.4 Å². The Kier molecular flexibility index (Phi) is 4.90. The molecule has 7 heteroatoms. The van der Waals surface area contributed by atoms with Gasteiger partial charge >= 0.3 is 0 Å². The van der Waals surface area contributed by atoms with Gasteiger partial charge in [0.2, 0.25) is 10.0 Å². The van der Waals surface area contributed by atoms with Crippen molar-refractivity contribution < 1.29 is 13.6 Å². The van der Waals surface area contributed by atoms with Crippen LogP contribution in [0.25, 0.3) is 0 Å². The van der Waals surface area contributed by atoms with Gasteiger partial charge in [0.1, 0.15) is 0 Å². The Balaban J connectivity index is 3.25. The van der Waals surface area contributed by atoms with E-state index in [-0.39, 0.29) is 23.3 Å². The number of oxime groups is 1. The van der Waals surface area contributed by atoms with E-state index in [4.69, 9.17) is 10.9 Å². The molecule has 0 radical (unpaired) electrons. The van der Waals surface area contributed by atoms with Gasteiger partial charge in [0.05, 0.1) is 11.4 Å². The van der Waals surface area contributed by atoms with Crippen LogP contribution < -0.4 is 5.73 Å². The van der Waals surface area contributed by atoms with Gasteiger partial charge in [-0.15, -0.1) is 0 Å². The molecule has 6 nitrogen and oxygen atoms in total. The van der Waals surface area contributed by atoms with Crippen LogP contribution >= 0.6 is 0 Å². The maximum Gasteiger partial charge on any atom is 0.243 e. The molecule has 0 aromatic heterocycles. The van der Waals surface area contributed by atoms with Crippen LogP contribution in [-0.4, -0.2) is 36.4 Å². The van der Waals surface area contributed by atoms with E-state index >= 15 is 0 Å². The molecule has 106 valence electrons. The minimum Gasteiger partial charge on any atom is -0.409 e. The minimum atomic E-state index is -3.67. The molecule has 0 fully saturated rings. The molecule has 19 heavy (non-hydrogen) atoms. The third-order valence-electron chi connectivity index (χ3n) is 2.70. The van der Waals surface area contributed by atoms with Crippen molar-refractivity contribution in [1.82, 2.24) is 4.31 Å². The summed E-state index contributed by atoms with van der Waals surface area (Å²) in [6.07, 6.45) is 0. The Labute approximate surface area is 113 Å². The van der Waals surface area contributed by atoms with Crippen LogP contribution in [0.5, 0.6) is 0 Å². The summed E-state index contributed by atoms with van der Waals surface area (Å²) in [5.74, 6) is -0.147. The normalized spacial score (nSPS) is 13.2. The Morgan fingerprint density at radius 2 is 2.00 bits per heavy atom. The summed E-state index contributed by atoms with van der Waals surface area (Å²) in [7, 11) is -3.67. The van der Waals surface area contributed by atoms with Crippen LogP contribution in [-0.2, 0) is 10.0 Å². The molecule has 0 aliphatic heterocycles. The molecular formula is C12H19N3O3S. The molecule has 0 atom stereocenters. The largest absolute Gasteiger partial charge is 0.409 e. The molecule has 0 aliphatic rings. The number of nitrogens with two attached hydrogens (primary N) is 1. The standard InChI is InChI=1S/C12H19N3O3S/c1-9(2)15(8-12(13)14-16)19(17,18)11-7-5-4-6-10(11)3/h4-7,9,16H,8H2,1-3H3,(H2,13,14). The molecule has 0 heterocycles. The van der Waals surface area contributed by atoms with Gasteiger partial charge < -0.3 is 10.9 Å². The zero-order valence-corrected chi connectivity index (χ0v) is 12.1. The van der Waals surface area contributed by atoms with E-state index < -0.39 is 10.0 Å². The van der Waals surface area contributed by atoms with Gasteiger partial charge in [0.25, 0.3) is 0 Å². The summed E-state index contributed by atoms with van der Waals surface area (Å²) in [4.78, 5) is 0.231. The summed E-state index contributed by atoms with van der Waals surface area (Å²) >= 11 is 0. The van der Waals surface area contributed by atoms with Gasteiger partial charge in [-0.3, -0.25) is 0 Å². The number of benzene rings is 1. The lowest BCUT2D eigenvalue weighted by molar-refractivity contribution is 0.312. The molecule has 0 spiro atoms. The smallest absolute Gasteiger partial charge is 0.243 e. The molecule has 0 amide bonds. The summed E-state index contributed by atoms with van der Waals surface area (Å²) in [5.41, 5.74) is 6.08. The Hall–Kier alpha value is -1.60. The van der Waals surface area contributed by atoms with Crippen molar-refractivity contribution in [2.75, 3.05) is 6.54 Å². The highest BCUT2D eigenvalue weighted by atomic mass is 32.2. The Morgan fingerprint density at radius 3 is 2.47 bits per heavy atom. The van der Waals surface area contributed by atoms with E-state index in [1.54, 1.807) is 45.0 Å². The van der Waals surface area contributed by atoms with Crippen LogP contribution in [0.15, 0.2) is 34.3 Å². The topological polar surface area (TPSA) is 96.0 Å². The van der Waals surface area contributed by atoms with Crippen LogP contribution in [0.3, 0.4) is 0 Å². The fourth-order valence-electron chi connectivity index (χ4n) is 1.71. The first-order chi connectivity index (χ1) is 8.80. The summed E-state index contributed by atoms with van der Waals surface area (Å²) in [5, 5.41) is 11.4. The molecule has 1 aromatic carbocycles. The van der Waals surface area contributed by atoms with Crippen LogP contribution in [0.2, 0.25) is 0 Å². The molecule has 1 rings (SSSR count). The van der Waals surface area contributed by atoms with Gasteiger partial charge in [-0.25, -0.2) is 8.42 Å². The van der Waals surface area contributed by atoms with Gasteiger partial charge in [-0.05, 0) is 32.4 Å². The fraction of sp³-hybridized carbons (Fsp3) is 0.417.